The molecule has 0 aliphatic heterocycles. The van der Waals surface area contributed by atoms with Crippen molar-refractivity contribution in [2.45, 2.75) is 60.2 Å². The van der Waals surface area contributed by atoms with Crippen molar-refractivity contribution in [3.05, 3.63) is 65.4 Å². The minimum Gasteiger partial charge on any atom is -0.347 e. The molecule has 0 saturated heterocycles. The van der Waals surface area contributed by atoms with Gasteiger partial charge in [0.2, 0.25) is 0 Å². The summed E-state index contributed by atoms with van der Waals surface area (Å²) in [7, 11) is 0. The molecule has 0 spiro atoms. The summed E-state index contributed by atoms with van der Waals surface area (Å²) in [5.41, 5.74) is 6.17. The number of nitrogens with one attached hydrogen (secondary N) is 1. The first-order valence-electron chi connectivity index (χ1n) is 10.2. The van der Waals surface area contributed by atoms with Crippen molar-refractivity contribution >= 4 is 33.9 Å². The van der Waals surface area contributed by atoms with E-state index in [-0.39, 0.29) is 0 Å². The van der Waals surface area contributed by atoms with Gasteiger partial charge < -0.3 is 14.8 Å². The van der Waals surface area contributed by atoms with E-state index in [0.29, 0.717) is 6.04 Å². The highest BCUT2D eigenvalue weighted by atomic mass is 32.1. The lowest BCUT2D eigenvalue weighted by molar-refractivity contribution is 0.320. The number of benzene rings is 2. The molecule has 0 fully saturated rings. The number of hydrogen-bond donors (Lipinski definition) is 1. The molecule has 2 aromatic carbocycles. The fourth-order valence-electron chi connectivity index (χ4n) is 3.68. The van der Waals surface area contributed by atoms with Crippen LogP contribution in [0.5, 0.6) is 0 Å². The zero-order valence-electron chi connectivity index (χ0n) is 17.6. The van der Waals surface area contributed by atoms with Crippen LogP contribution in [-0.4, -0.2) is 20.6 Å². The van der Waals surface area contributed by atoms with Crippen molar-refractivity contribution in [1.82, 2.24) is 9.47 Å². The standard InChI is InChI=1S/C24H31N3S/c1-6-19(5)27(24(28)25-22-13-12-17(3)14-18(22)4)16-20-15-26(7-2)23-11-9-8-10-21(20)23/h8-15,19H,6-7,16H2,1-5H3,(H,25,28). The number of aromatic nitrogens is 1. The van der Waals surface area contributed by atoms with E-state index in [1.165, 1.54) is 27.6 Å². The van der Waals surface area contributed by atoms with Gasteiger partial charge in [0.15, 0.2) is 5.11 Å². The average Bonchev–Trinajstić information content (AvgIpc) is 3.05. The summed E-state index contributed by atoms with van der Waals surface area (Å²) in [6.07, 6.45) is 3.32. The van der Waals surface area contributed by atoms with E-state index in [0.717, 1.165) is 30.3 Å². The van der Waals surface area contributed by atoms with Crippen molar-refractivity contribution in [2.24, 2.45) is 0 Å². The Morgan fingerprint density at radius 2 is 1.89 bits per heavy atom. The number of para-hydroxylation sites is 1. The number of nitrogens with zero attached hydrogens (tertiary/aromatic N) is 2. The number of anilines is 1. The van der Waals surface area contributed by atoms with E-state index in [9.17, 15) is 0 Å². The third kappa shape index (κ3) is 4.22. The molecule has 0 saturated carbocycles. The Hall–Kier alpha value is -2.33. The SMILES string of the molecule is CCC(C)N(Cc1cn(CC)c2ccccc12)C(=S)Nc1ccc(C)cc1C. The van der Waals surface area contributed by atoms with Crippen LogP contribution >= 0.6 is 12.2 Å². The molecule has 1 atom stereocenters. The minimum atomic E-state index is 0.356. The number of thiocarbonyl (C=S) groups is 1. The van der Waals surface area contributed by atoms with Crippen LogP contribution in [0.2, 0.25) is 0 Å². The van der Waals surface area contributed by atoms with Crippen LogP contribution in [0.25, 0.3) is 10.9 Å². The minimum absolute atomic E-state index is 0.356. The highest BCUT2D eigenvalue weighted by Crippen LogP contribution is 2.25. The Balaban J connectivity index is 1.90. The molecule has 0 bridgehead atoms. The molecule has 1 unspecified atom stereocenters. The van der Waals surface area contributed by atoms with Crippen LogP contribution in [0.3, 0.4) is 0 Å². The van der Waals surface area contributed by atoms with E-state index in [1.54, 1.807) is 0 Å². The van der Waals surface area contributed by atoms with E-state index in [2.05, 4.69) is 98.1 Å². The predicted molar refractivity (Wildman–Crippen MR) is 125 cm³/mol. The van der Waals surface area contributed by atoms with Gasteiger partial charge in [-0.1, -0.05) is 42.8 Å². The fourth-order valence-corrected chi connectivity index (χ4v) is 4.04. The molecule has 1 N–H and O–H groups in total. The monoisotopic (exact) mass is 393 g/mol. The molecular formula is C24H31N3S. The Morgan fingerprint density at radius 3 is 2.57 bits per heavy atom. The van der Waals surface area contributed by atoms with E-state index < -0.39 is 0 Å². The summed E-state index contributed by atoms with van der Waals surface area (Å²) < 4.78 is 2.32. The summed E-state index contributed by atoms with van der Waals surface area (Å²) in [4.78, 5) is 2.32. The van der Waals surface area contributed by atoms with Gasteiger partial charge in [-0.2, -0.15) is 0 Å². The van der Waals surface area contributed by atoms with Crippen LogP contribution < -0.4 is 5.32 Å². The number of aryl methyl sites for hydroxylation is 3. The molecule has 0 aliphatic rings. The molecule has 1 aromatic heterocycles. The van der Waals surface area contributed by atoms with Crippen molar-refractivity contribution < 1.29 is 0 Å². The predicted octanol–water partition coefficient (Wildman–Crippen LogP) is 6.28. The van der Waals surface area contributed by atoms with Crippen LogP contribution in [0.15, 0.2) is 48.7 Å². The van der Waals surface area contributed by atoms with Gasteiger partial charge in [0.05, 0.1) is 0 Å². The second-order valence-electron chi connectivity index (χ2n) is 7.59. The Labute approximate surface area is 174 Å². The molecule has 4 heteroatoms. The normalized spacial score (nSPS) is 12.2. The van der Waals surface area contributed by atoms with E-state index in [1.807, 2.05) is 0 Å². The van der Waals surface area contributed by atoms with Crippen molar-refractivity contribution in [1.29, 1.82) is 0 Å². The molecule has 3 aromatic rings. The van der Waals surface area contributed by atoms with Crippen molar-refractivity contribution in [3.63, 3.8) is 0 Å². The Kier molecular flexibility index (Phi) is 6.40. The Bertz CT molecular complexity index is 973. The molecule has 3 nitrogen and oxygen atoms in total. The van der Waals surface area contributed by atoms with Gasteiger partial charge in [-0.15, -0.1) is 0 Å². The third-order valence-corrected chi connectivity index (χ3v) is 5.90. The van der Waals surface area contributed by atoms with Gasteiger partial charge in [0.1, 0.15) is 0 Å². The maximum Gasteiger partial charge on any atom is 0.173 e. The summed E-state index contributed by atoms with van der Waals surface area (Å²) >= 11 is 5.86. The lowest BCUT2D eigenvalue weighted by atomic mass is 10.1. The quantitative estimate of drug-likeness (QED) is 0.498. The highest BCUT2D eigenvalue weighted by Gasteiger charge is 2.19. The van der Waals surface area contributed by atoms with Gasteiger partial charge in [0, 0.05) is 41.9 Å². The molecule has 1 heterocycles. The number of rotatable bonds is 6. The first kappa shape index (κ1) is 20.4. The largest absolute Gasteiger partial charge is 0.347 e. The summed E-state index contributed by atoms with van der Waals surface area (Å²) in [5.74, 6) is 0. The molecule has 148 valence electrons. The first-order chi connectivity index (χ1) is 13.4. The van der Waals surface area contributed by atoms with Crippen molar-refractivity contribution in [3.8, 4) is 0 Å². The second kappa shape index (κ2) is 8.78. The van der Waals surface area contributed by atoms with Gasteiger partial charge in [-0.05, 0) is 69.6 Å². The van der Waals surface area contributed by atoms with Crippen LogP contribution in [0.4, 0.5) is 5.69 Å². The molecule has 0 amide bonds. The van der Waals surface area contributed by atoms with Crippen molar-refractivity contribution in [2.75, 3.05) is 5.32 Å². The van der Waals surface area contributed by atoms with Crippen LogP contribution in [-0.2, 0) is 13.1 Å². The average molecular weight is 394 g/mol. The fraction of sp³-hybridized carbons (Fsp3) is 0.375. The Morgan fingerprint density at radius 1 is 1.14 bits per heavy atom. The van der Waals surface area contributed by atoms with E-state index >= 15 is 0 Å². The van der Waals surface area contributed by atoms with Crippen LogP contribution in [0.1, 0.15) is 43.9 Å². The lowest BCUT2D eigenvalue weighted by Crippen LogP contribution is -2.40. The molecule has 0 radical (unpaired) electrons. The van der Waals surface area contributed by atoms with Gasteiger partial charge in [0.25, 0.3) is 0 Å². The summed E-state index contributed by atoms with van der Waals surface area (Å²) in [5, 5.41) is 5.59. The zero-order valence-corrected chi connectivity index (χ0v) is 18.4. The number of hydrogen-bond acceptors (Lipinski definition) is 1. The third-order valence-electron chi connectivity index (χ3n) is 5.56. The first-order valence-corrected chi connectivity index (χ1v) is 10.6. The molecular weight excluding hydrogens is 362 g/mol. The number of fused-ring (bicyclic) bond motifs is 1. The zero-order chi connectivity index (χ0) is 20.3. The molecule has 3 rings (SSSR count). The van der Waals surface area contributed by atoms with Gasteiger partial charge in [-0.25, -0.2) is 0 Å². The van der Waals surface area contributed by atoms with Gasteiger partial charge >= 0.3 is 0 Å². The maximum absolute atomic E-state index is 5.86. The molecule has 0 aliphatic carbocycles. The highest BCUT2D eigenvalue weighted by molar-refractivity contribution is 7.80. The lowest BCUT2D eigenvalue weighted by Gasteiger charge is -2.31. The topological polar surface area (TPSA) is 20.2 Å². The second-order valence-corrected chi connectivity index (χ2v) is 7.98. The smallest absolute Gasteiger partial charge is 0.173 e. The maximum atomic E-state index is 5.86. The summed E-state index contributed by atoms with van der Waals surface area (Å²) in [6.45, 7) is 12.7. The van der Waals surface area contributed by atoms with E-state index in [4.69, 9.17) is 12.2 Å². The summed E-state index contributed by atoms with van der Waals surface area (Å²) in [6, 6.07) is 15.4. The molecule has 28 heavy (non-hydrogen) atoms. The van der Waals surface area contributed by atoms with Crippen LogP contribution in [0, 0.1) is 13.8 Å². The van der Waals surface area contributed by atoms with Gasteiger partial charge in [-0.3, -0.25) is 0 Å².